The minimum atomic E-state index is -0.506. The normalized spacial score (nSPS) is 11.9. The second kappa shape index (κ2) is 6.38. The zero-order valence-electron chi connectivity index (χ0n) is 11.2. The van der Waals surface area contributed by atoms with Crippen LogP contribution < -0.4 is 10.6 Å². The van der Waals surface area contributed by atoms with Gasteiger partial charge >= 0.3 is 6.03 Å². The number of thioether (sulfide) groups is 1. The van der Waals surface area contributed by atoms with Gasteiger partial charge in [-0.2, -0.15) is 0 Å². The van der Waals surface area contributed by atoms with Crippen molar-refractivity contribution in [2.75, 3.05) is 7.05 Å². The molecule has 2 rings (SSSR count). The number of urea groups is 1. The number of carbonyl (C=O) groups excluding carboxylic acids is 2. The number of benzene rings is 1. The molecule has 0 bridgehead atoms. The molecule has 6 heteroatoms. The highest BCUT2D eigenvalue weighted by molar-refractivity contribution is 8.00. The molecule has 0 saturated heterocycles. The van der Waals surface area contributed by atoms with Crippen molar-refractivity contribution in [1.29, 1.82) is 0 Å². The molecule has 1 heterocycles. The Kier molecular flexibility index (Phi) is 4.57. The lowest BCUT2D eigenvalue weighted by Gasteiger charge is -2.10. The molecule has 0 aliphatic carbocycles. The number of hydrogen-bond acceptors (Lipinski definition) is 4. The van der Waals surface area contributed by atoms with Gasteiger partial charge in [0.25, 0.3) is 0 Å². The highest BCUT2D eigenvalue weighted by Gasteiger charge is 2.17. The molecule has 2 N–H and O–H groups in total. The first-order valence-electron chi connectivity index (χ1n) is 6.15. The molecular formula is C14H15N3O2S. The van der Waals surface area contributed by atoms with E-state index in [0.29, 0.717) is 0 Å². The molecule has 0 fully saturated rings. The van der Waals surface area contributed by atoms with E-state index in [4.69, 9.17) is 0 Å². The van der Waals surface area contributed by atoms with E-state index < -0.39 is 11.3 Å². The lowest BCUT2D eigenvalue weighted by Crippen LogP contribution is -2.41. The van der Waals surface area contributed by atoms with Gasteiger partial charge in [-0.25, -0.2) is 9.78 Å². The first-order chi connectivity index (χ1) is 9.60. The first-order valence-corrected chi connectivity index (χ1v) is 7.03. The van der Waals surface area contributed by atoms with Crippen molar-refractivity contribution in [3.05, 3.63) is 36.4 Å². The van der Waals surface area contributed by atoms with E-state index in [1.165, 1.54) is 18.8 Å². The number of aromatic nitrogens is 1. The molecule has 1 atom stereocenters. The number of para-hydroxylation sites is 1. The van der Waals surface area contributed by atoms with Crippen LogP contribution in [0, 0.1) is 0 Å². The summed E-state index contributed by atoms with van der Waals surface area (Å²) in [6.07, 6.45) is 0. The topological polar surface area (TPSA) is 71.1 Å². The summed E-state index contributed by atoms with van der Waals surface area (Å²) < 4.78 is 0. The zero-order chi connectivity index (χ0) is 14.5. The van der Waals surface area contributed by atoms with E-state index in [9.17, 15) is 9.59 Å². The Labute approximate surface area is 121 Å². The van der Waals surface area contributed by atoms with Gasteiger partial charge in [-0.3, -0.25) is 10.1 Å². The lowest BCUT2D eigenvalue weighted by molar-refractivity contribution is -0.119. The van der Waals surface area contributed by atoms with Crippen LogP contribution in [0.2, 0.25) is 0 Å². The van der Waals surface area contributed by atoms with Crippen molar-refractivity contribution in [3.8, 4) is 0 Å². The maximum Gasteiger partial charge on any atom is 0.321 e. The molecule has 0 aliphatic heterocycles. The number of carbonyl (C=O) groups is 2. The van der Waals surface area contributed by atoms with Crippen molar-refractivity contribution in [3.63, 3.8) is 0 Å². The number of fused-ring (bicyclic) bond motifs is 1. The smallest absolute Gasteiger partial charge is 0.321 e. The van der Waals surface area contributed by atoms with Crippen LogP contribution in [0.4, 0.5) is 4.79 Å². The number of rotatable bonds is 3. The van der Waals surface area contributed by atoms with Crippen LogP contribution in [0.1, 0.15) is 6.92 Å². The standard InChI is InChI=1S/C14H15N3O2S/c1-9(13(18)17-14(19)15-2)20-12-8-7-10-5-3-4-6-11(10)16-12/h3-9H,1-2H3,(H2,15,17,18,19). The number of nitrogens with one attached hydrogen (secondary N) is 2. The highest BCUT2D eigenvalue weighted by Crippen LogP contribution is 2.23. The second-order valence-electron chi connectivity index (χ2n) is 4.17. The molecule has 5 nitrogen and oxygen atoms in total. The van der Waals surface area contributed by atoms with Gasteiger partial charge in [0.05, 0.1) is 15.8 Å². The van der Waals surface area contributed by atoms with E-state index in [1.54, 1.807) is 6.92 Å². The Hall–Kier alpha value is -2.08. The van der Waals surface area contributed by atoms with Crippen molar-refractivity contribution in [2.45, 2.75) is 17.2 Å². The maximum atomic E-state index is 11.8. The summed E-state index contributed by atoms with van der Waals surface area (Å²) >= 11 is 1.32. The summed E-state index contributed by atoms with van der Waals surface area (Å²) in [5.41, 5.74) is 0.886. The van der Waals surface area contributed by atoms with Crippen molar-refractivity contribution in [1.82, 2.24) is 15.6 Å². The molecule has 1 aromatic heterocycles. The monoisotopic (exact) mass is 289 g/mol. The van der Waals surface area contributed by atoms with Crippen molar-refractivity contribution >= 4 is 34.6 Å². The lowest BCUT2D eigenvalue weighted by atomic mass is 10.2. The Morgan fingerprint density at radius 2 is 1.95 bits per heavy atom. The number of amides is 3. The summed E-state index contributed by atoms with van der Waals surface area (Å²) in [5, 5.41) is 6.00. The predicted molar refractivity (Wildman–Crippen MR) is 79.7 cm³/mol. The van der Waals surface area contributed by atoms with Gasteiger partial charge in [0.1, 0.15) is 0 Å². The molecule has 104 valence electrons. The Balaban J connectivity index is 2.07. The van der Waals surface area contributed by atoms with Gasteiger partial charge < -0.3 is 5.32 Å². The largest absolute Gasteiger partial charge is 0.341 e. The molecule has 1 unspecified atom stereocenters. The van der Waals surface area contributed by atoms with Gasteiger partial charge in [-0.05, 0) is 19.1 Å². The summed E-state index contributed by atoms with van der Waals surface area (Å²) in [6.45, 7) is 1.74. The maximum absolute atomic E-state index is 11.8. The van der Waals surface area contributed by atoms with Crippen LogP contribution in [0.15, 0.2) is 41.4 Å². The second-order valence-corrected chi connectivity index (χ2v) is 5.53. The van der Waals surface area contributed by atoms with Gasteiger partial charge in [0.15, 0.2) is 0 Å². The van der Waals surface area contributed by atoms with Gasteiger partial charge in [0, 0.05) is 12.4 Å². The van der Waals surface area contributed by atoms with E-state index in [-0.39, 0.29) is 5.91 Å². The minimum absolute atomic E-state index is 0.343. The fourth-order valence-corrected chi connectivity index (χ4v) is 2.45. The fraction of sp³-hybridized carbons (Fsp3) is 0.214. The summed E-state index contributed by atoms with van der Waals surface area (Å²) in [5.74, 6) is -0.343. The summed E-state index contributed by atoms with van der Waals surface area (Å²) in [7, 11) is 1.46. The van der Waals surface area contributed by atoms with E-state index in [0.717, 1.165) is 15.9 Å². The average Bonchev–Trinajstić information content (AvgIpc) is 2.46. The van der Waals surface area contributed by atoms with Gasteiger partial charge in [-0.1, -0.05) is 36.0 Å². The fourth-order valence-electron chi connectivity index (χ4n) is 1.62. The third-order valence-electron chi connectivity index (χ3n) is 2.70. The van der Waals surface area contributed by atoms with Crippen molar-refractivity contribution in [2.24, 2.45) is 0 Å². The number of pyridine rings is 1. The number of imide groups is 1. The number of hydrogen-bond donors (Lipinski definition) is 2. The summed E-state index contributed by atoms with van der Waals surface area (Å²) in [4.78, 5) is 27.3. The zero-order valence-corrected chi connectivity index (χ0v) is 12.0. The Bertz CT molecular complexity index is 645. The molecule has 3 amide bonds. The third kappa shape index (κ3) is 3.48. The summed E-state index contributed by atoms with van der Waals surface area (Å²) in [6, 6.07) is 11.1. The SMILES string of the molecule is CNC(=O)NC(=O)C(C)Sc1ccc2ccccc2n1. The van der Waals surface area contributed by atoms with E-state index in [1.807, 2.05) is 36.4 Å². The predicted octanol–water partition coefficient (Wildman–Crippen LogP) is 2.17. The molecule has 20 heavy (non-hydrogen) atoms. The Morgan fingerprint density at radius 3 is 2.70 bits per heavy atom. The molecule has 0 aliphatic rings. The van der Waals surface area contributed by atoms with Crippen LogP contribution in [0.25, 0.3) is 10.9 Å². The van der Waals surface area contributed by atoms with E-state index >= 15 is 0 Å². The highest BCUT2D eigenvalue weighted by atomic mass is 32.2. The molecule has 0 spiro atoms. The molecule has 1 aromatic carbocycles. The van der Waals surface area contributed by atoms with Gasteiger partial charge in [-0.15, -0.1) is 0 Å². The first kappa shape index (κ1) is 14.3. The molecule has 0 radical (unpaired) electrons. The molecule has 0 saturated carbocycles. The molecule has 2 aromatic rings. The minimum Gasteiger partial charge on any atom is -0.341 e. The van der Waals surface area contributed by atoms with Gasteiger partial charge in [0.2, 0.25) is 5.91 Å². The van der Waals surface area contributed by atoms with E-state index in [2.05, 4.69) is 15.6 Å². The average molecular weight is 289 g/mol. The third-order valence-corrected chi connectivity index (χ3v) is 3.74. The van der Waals surface area contributed by atoms with Crippen LogP contribution in [-0.4, -0.2) is 29.2 Å². The van der Waals surface area contributed by atoms with Crippen LogP contribution in [0.3, 0.4) is 0 Å². The van der Waals surface area contributed by atoms with Crippen LogP contribution >= 0.6 is 11.8 Å². The quantitative estimate of drug-likeness (QED) is 0.850. The number of nitrogens with zero attached hydrogens (tertiary/aromatic N) is 1. The van der Waals surface area contributed by atoms with Crippen LogP contribution in [0.5, 0.6) is 0 Å². The molecular weight excluding hydrogens is 274 g/mol. The van der Waals surface area contributed by atoms with Crippen LogP contribution in [-0.2, 0) is 4.79 Å². The Morgan fingerprint density at radius 1 is 1.20 bits per heavy atom. The van der Waals surface area contributed by atoms with Crippen molar-refractivity contribution < 1.29 is 9.59 Å².